The standard InChI is InChI=1S/C10H16N2/c1-8(4-5-11)12-7-9-2-3-10(12)6-9/h8-10H,2-4,6-7H2,1H3. The van der Waals surface area contributed by atoms with E-state index in [4.69, 9.17) is 5.26 Å². The Bertz CT molecular complexity index is 206. The van der Waals surface area contributed by atoms with E-state index in [1.807, 2.05) is 0 Å². The molecule has 1 heterocycles. The van der Waals surface area contributed by atoms with Gasteiger partial charge in [-0.2, -0.15) is 5.26 Å². The summed E-state index contributed by atoms with van der Waals surface area (Å²) < 4.78 is 0. The molecular weight excluding hydrogens is 148 g/mol. The quantitative estimate of drug-likeness (QED) is 0.622. The lowest BCUT2D eigenvalue weighted by atomic mass is 10.1. The lowest BCUT2D eigenvalue weighted by Crippen LogP contribution is -2.39. The Morgan fingerprint density at radius 2 is 2.42 bits per heavy atom. The molecule has 0 aromatic carbocycles. The molecule has 2 aliphatic rings. The highest BCUT2D eigenvalue weighted by molar-refractivity contribution is 4.95. The molecule has 1 aliphatic carbocycles. The van der Waals surface area contributed by atoms with Gasteiger partial charge in [0.25, 0.3) is 0 Å². The fraction of sp³-hybridized carbons (Fsp3) is 0.900. The fourth-order valence-electron chi connectivity index (χ4n) is 2.75. The number of fused-ring (bicyclic) bond motifs is 2. The average molecular weight is 164 g/mol. The summed E-state index contributed by atoms with van der Waals surface area (Å²) in [5.74, 6) is 0.955. The van der Waals surface area contributed by atoms with E-state index in [-0.39, 0.29) is 0 Å². The van der Waals surface area contributed by atoms with Gasteiger partial charge in [-0.3, -0.25) is 4.90 Å². The van der Waals surface area contributed by atoms with Gasteiger partial charge in [-0.05, 0) is 32.1 Å². The van der Waals surface area contributed by atoms with Gasteiger partial charge < -0.3 is 0 Å². The summed E-state index contributed by atoms with van der Waals surface area (Å²) in [7, 11) is 0. The van der Waals surface area contributed by atoms with Crippen molar-refractivity contribution in [3.8, 4) is 6.07 Å². The van der Waals surface area contributed by atoms with E-state index in [0.29, 0.717) is 12.5 Å². The molecule has 0 aromatic heterocycles. The highest BCUT2D eigenvalue weighted by atomic mass is 15.2. The van der Waals surface area contributed by atoms with Gasteiger partial charge in [0.2, 0.25) is 0 Å². The molecule has 2 rings (SSSR count). The molecule has 12 heavy (non-hydrogen) atoms. The number of rotatable bonds is 2. The lowest BCUT2D eigenvalue weighted by Gasteiger charge is -2.31. The van der Waals surface area contributed by atoms with Crippen molar-refractivity contribution in [2.45, 2.75) is 44.7 Å². The van der Waals surface area contributed by atoms with Crippen LogP contribution in [0.2, 0.25) is 0 Å². The van der Waals surface area contributed by atoms with Crippen LogP contribution in [0.25, 0.3) is 0 Å². The third-order valence-electron chi connectivity index (χ3n) is 3.40. The number of likely N-dealkylation sites (tertiary alicyclic amines) is 1. The van der Waals surface area contributed by atoms with E-state index in [1.54, 1.807) is 0 Å². The predicted molar refractivity (Wildman–Crippen MR) is 47.5 cm³/mol. The van der Waals surface area contributed by atoms with Gasteiger partial charge >= 0.3 is 0 Å². The Kier molecular flexibility index (Phi) is 2.06. The zero-order valence-corrected chi connectivity index (χ0v) is 7.66. The number of nitrogens with zero attached hydrogens (tertiary/aromatic N) is 2. The molecule has 3 atom stereocenters. The van der Waals surface area contributed by atoms with Gasteiger partial charge in [0.1, 0.15) is 0 Å². The molecule has 1 saturated heterocycles. The van der Waals surface area contributed by atoms with E-state index >= 15 is 0 Å². The Morgan fingerprint density at radius 1 is 1.58 bits per heavy atom. The zero-order valence-electron chi connectivity index (χ0n) is 7.66. The Morgan fingerprint density at radius 3 is 2.92 bits per heavy atom. The first kappa shape index (κ1) is 8.07. The molecule has 1 aliphatic heterocycles. The number of nitriles is 1. The van der Waals surface area contributed by atoms with Gasteiger partial charge in [-0.1, -0.05) is 0 Å². The van der Waals surface area contributed by atoms with Gasteiger partial charge in [0, 0.05) is 18.6 Å². The molecule has 0 amide bonds. The van der Waals surface area contributed by atoms with Crippen LogP contribution in [0.5, 0.6) is 0 Å². The maximum absolute atomic E-state index is 8.59. The first-order valence-corrected chi connectivity index (χ1v) is 4.94. The van der Waals surface area contributed by atoms with Crippen molar-refractivity contribution in [3.05, 3.63) is 0 Å². The SMILES string of the molecule is CC(CC#N)N1CC2CCC1C2. The molecule has 0 aromatic rings. The summed E-state index contributed by atoms with van der Waals surface area (Å²) in [6.45, 7) is 3.44. The van der Waals surface area contributed by atoms with Crippen molar-refractivity contribution in [1.29, 1.82) is 5.26 Å². The first-order valence-electron chi connectivity index (χ1n) is 4.94. The van der Waals surface area contributed by atoms with Crippen LogP contribution >= 0.6 is 0 Å². The van der Waals surface area contributed by atoms with Crippen LogP contribution < -0.4 is 0 Å². The molecule has 2 nitrogen and oxygen atoms in total. The molecule has 0 radical (unpaired) electrons. The summed E-state index contributed by atoms with van der Waals surface area (Å²) in [5.41, 5.74) is 0. The molecule has 3 unspecified atom stereocenters. The summed E-state index contributed by atoms with van der Waals surface area (Å²) >= 11 is 0. The van der Waals surface area contributed by atoms with Crippen LogP contribution in [-0.4, -0.2) is 23.5 Å². The molecule has 2 fully saturated rings. The lowest BCUT2D eigenvalue weighted by molar-refractivity contribution is 0.161. The van der Waals surface area contributed by atoms with Gasteiger partial charge in [0.15, 0.2) is 0 Å². The van der Waals surface area contributed by atoms with E-state index in [2.05, 4.69) is 17.9 Å². The van der Waals surface area contributed by atoms with Crippen molar-refractivity contribution >= 4 is 0 Å². The third kappa shape index (κ3) is 1.23. The van der Waals surface area contributed by atoms with Crippen LogP contribution in [0.15, 0.2) is 0 Å². The van der Waals surface area contributed by atoms with Crippen molar-refractivity contribution in [1.82, 2.24) is 4.90 Å². The zero-order chi connectivity index (χ0) is 8.55. The molecule has 2 heteroatoms. The maximum Gasteiger partial charge on any atom is 0.0638 e. The van der Waals surface area contributed by atoms with Gasteiger partial charge in [0.05, 0.1) is 12.5 Å². The molecule has 1 saturated carbocycles. The number of piperidine rings is 1. The van der Waals surface area contributed by atoms with Crippen LogP contribution in [-0.2, 0) is 0 Å². The van der Waals surface area contributed by atoms with Crippen molar-refractivity contribution in [2.24, 2.45) is 5.92 Å². The molecule has 66 valence electrons. The fourth-order valence-corrected chi connectivity index (χ4v) is 2.75. The van der Waals surface area contributed by atoms with Crippen LogP contribution in [0.4, 0.5) is 0 Å². The Hall–Kier alpha value is -0.550. The van der Waals surface area contributed by atoms with Crippen LogP contribution in [0, 0.1) is 17.2 Å². The van der Waals surface area contributed by atoms with E-state index in [9.17, 15) is 0 Å². The second-order valence-electron chi connectivity index (χ2n) is 4.24. The Labute approximate surface area is 74.2 Å². The average Bonchev–Trinajstić information content (AvgIpc) is 2.64. The van der Waals surface area contributed by atoms with Gasteiger partial charge in [-0.15, -0.1) is 0 Å². The minimum Gasteiger partial charge on any atom is -0.296 e. The summed E-state index contributed by atoms with van der Waals surface area (Å²) in [6.07, 6.45) is 4.90. The van der Waals surface area contributed by atoms with E-state index in [0.717, 1.165) is 12.0 Å². The first-order chi connectivity index (χ1) is 5.81. The van der Waals surface area contributed by atoms with Crippen molar-refractivity contribution in [2.75, 3.05) is 6.54 Å². The normalized spacial score (nSPS) is 36.7. The largest absolute Gasteiger partial charge is 0.296 e. The van der Waals surface area contributed by atoms with Gasteiger partial charge in [-0.25, -0.2) is 0 Å². The Balaban J connectivity index is 1.94. The highest BCUT2D eigenvalue weighted by Crippen LogP contribution is 2.38. The predicted octanol–water partition coefficient (Wildman–Crippen LogP) is 1.77. The summed E-state index contributed by atoms with van der Waals surface area (Å²) in [4.78, 5) is 2.54. The molecule has 2 bridgehead atoms. The minimum absolute atomic E-state index is 0.491. The minimum atomic E-state index is 0.491. The van der Waals surface area contributed by atoms with E-state index in [1.165, 1.54) is 25.8 Å². The maximum atomic E-state index is 8.59. The van der Waals surface area contributed by atoms with Crippen LogP contribution in [0.1, 0.15) is 32.6 Å². The monoisotopic (exact) mass is 164 g/mol. The van der Waals surface area contributed by atoms with Crippen LogP contribution in [0.3, 0.4) is 0 Å². The summed E-state index contributed by atoms with van der Waals surface area (Å²) in [6, 6.07) is 3.57. The topological polar surface area (TPSA) is 27.0 Å². The molecular formula is C10H16N2. The van der Waals surface area contributed by atoms with Crippen molar-refractivity contribution < 1.29 is 0 Å². The molecule has 0 N–H and O–H groups in total. The number of hydrogen-bond donors (Lipinski definition) is 0. The molecule has 0 spiro atoms. The van der Waals surface area contributed by atoms with E-state index < -0.39 is 0 Å². The second-order valence-corrected chi connectivity index (χ2v) is 4.24. The smallest absolute Gasteiger partial charge is 0.0638 e. The number of hydrogen-bond acceptors (Lipinski definition) is 2. The third-order valence-corrected chi connectivity index (χ3v) is 3.40. The highest BCUT2D eigenvalue weighted by Gasteiger charge is 2.39. The summed E-state index contributed by atoms with van der Waals surface area (Å²) in [5, 5.41) is 8.59. The van der Waals surface area contributed by atoms with Crippen molar-refractivity contribution in [3.63, 3.8) is 0 Å². The second kappa shape index (κ2) is 3.06.